The van der Waals surface area contributed by atoms with Crippen molar-refractivity contribution >= 4 is 11.5 Å². The van der Waals surface area contributed by atoms with Gasteiger partial charge < -0.3 is 10.2 Å². The van der Waals surface area contributed by atoms with Crippen LogP contribution in [0.4, 0.5) is 5.69 Å². The van der Waals surface area contributed by atoms with Crippen LogP contribution in [0.3, 0.4) is 0 Å². The van der Waals surface area contributed by atoms with Crippen LogP contribution in [0.15, 0.2) is 48.5 Å². The van der Waals surface area contributed by atoms with Crippen molar-refractivity contribution in [3.05, 3.63) is 65.2 Å². The molecule has 2 aliphatic carbocycles. The Bertz CT molecular complexity index is 760. The molecule has 2 aliphatic rings. The number of nitrogens with one attached hydrogen (secondary N) is 1. The van der Waals surface area contributed by atoms with Gasteiger partial charge in [0.05, 0.1) is 0 Å². The van der Waals surface area contributed by atoms with Crippen molar-refractivity contribution in [2.45, 2.75) is 37.6 Å². The molecule has 2 aromatic rings. The second kappa shape index (κ2) is 7.24. The van der Waals surface area contributed by atoms with Gasteiger partial charge in [-0.15, -0.1) is 0 Å². The van der Waals surface area contributed by atoms with Crippen molar-refractivity contribution in [2.24, 2.45) is 5.92 Å². The lowest BCUT2D eigenvalue weighted by molar-refractivity contribution is 0.0993. The predicted molar refractivity (Wildman–Crippen MR) is 107 cm³/mol. The third kappa shape index (κ3) is 4.16. The van der Waals surface area contributed by atoms with Crippen LogP contribution in [-0.4, -0.2) is 32.5 Å². The number of Topliss-reactive ketones (excluding diaryl/α,β-unsaturated/α-hetero) is 1. The zero-order valence-electron chi connectivity index (χ0n) is 15.7. The SMILES string of the molecule is CN(C)c1ccc(C(=O)Cc2ccc(C3CC3NCC3CC3)cc2)cc1. The third-order valence-electron chi connectivity index (χ3n) is 5.63. The Hall–Kier alpha value is -2.13. The average Bonchev–Trinajstić information content (AvgIpc) is 3.55. The van der Waals surface area contributed by atoms with Gasteiger partial charge in [-0.2, -0.15) is 0 Å². The number of hydrogen-bond acceptors (Lipinski definition) is 3. The summed E-state index contributed by atoms with van der Waals surface area (Å²) in [5, 5.41) is 3.69. The molecule has 136 valence electrons. The van der Waals surface area contributed by atoms with E-state index in [4.69, 9.17) is 0 Å². The molecule has 0 heterocycles. The minimum Gasteiger partial charge on any atom is -0.378 e. The smallest absolute Gasteiger partial charge is 0.167 e. The largest absolute Gasteiger partial charge is 0.378 e. The molecule has 2 saturated carbocycles. The molecule has 0 saturated heterocycles. The van der Waals surface area contributed by atoms with Gasteiger partial charge in [0.2, 0.25) is 0 Å². The van der Waals surface area contributed by atoms with Gasteiger partial charge >= 0.3 is 0 Å². The first-order chi connectivity index (χ1) is 12.6. The molecule has 1 N–H and O–H groups in total. The summed E-state index contributed by atoms with van der Waals surface area (Å²) in [6.45, 7) is 1.19. The van der Waals surface area contributed by atoms with Gasteiger partial charge in [-0.1, -0.05) is 24.3 Å². The quantitative estimate of drug-likeness (QED) is 0.731. The average molecular weight is 348 g/mol. The molecule has 0 radical (unpaired) electrons. The lowest BCUT2D eigenvalue weighted by atomic mass is 10.0. The van der Waals surface area contributed by atoms with Gasteiger partial charge in [0.15, 0.2) is 5.78 Å². The molecule has 0 bridgehead atoms. The van der Waals surface area contributed by atoms with Gasteiger partial charge in [0, 0.05) is 43.7 Å². The molecule has 0 spiro atoms. The van der Waals surface area contributed by atoms with E-state index in [-0.39, 0.29) is 5.78 Å². The van der Waals surface area contributed by atoms with Crippen LogP contribution in [0, 0.1) is 5.92 Å². The molecule has 3 nitrogen and oxygen atoms in total. The van der Waals surface area contributed by atoms with E-state index in [0.29, 0.717) is 18.4 Å². The lowest BCUT2D eigenvalue weighted by Gasteiger charge is -2.12. The molecule has 2 fully saturated rings. The Balaban J connectivity index is 1.31. The fourth-order valence-electron chi connectivity index (χ4n) is 3.54. The fraction of sp³-hybridized carbons (Fsp3) is 0.435. The highest BCUT2D eigenvalue weighted by Crippen LogP contribution is 2.41. The zero-order valence-corrected chi connectivity index (χ0v) is 15.7. The summed E-state index contributed by atoms with van der Waals surface area (Å²) >= 11 is 0. The Labute approximate surface area is 156 Å². The van der Waals surface area contributed by atoms with Crippen molar-refractivity contribution in [2.75, 3.05) is 25.5 Å². The first-order valence-electron chi connectivity index (χ1n) is 9.73. The van der Waals surface area contributed by atoms with Crippen molar-refractivity contribution in [1.29, 1.82) is 0 Å². The van der Waals surface area contributed by atoms with E-state index < -0.39 is 0 Å². The molecule has 2 aromatic carbocycles. The molecule has 26 heavy (non-hydrogen) atoms. The van der Waals surface area contributed by atoms with Crippen LogP contribution in [0.2, 0.25) is 0 Å². The minimum absolute atomic E-state index is 0.179. The number of carbonyl (C=O) groups excluding carboxylic acids is 1. The highest BCUT2D eigenvalue weighted by atomic mass is 16.1. The Kier molecular flexibility index (Phi) is 4.82. The molecule has 0 aliphatic heterocycles. The number of hydrogen-bond donors (Lipinski definition) is 1. The van der Waals surface area contributed by atoms with E-state index in [2.05, 4.69) is 29.6 Å². The minimum atomic E-state index is 0.179. The zero-order chi connectivity index (χ0) is 18.1. The topological polar surface area (TPSA) is 32.3 Å². The molecular weight excluding hydrogens is 320 g/mol. The van der Waals surface area contributed by atoms with Gasteiger partial charge in [0.1, 0.15) is 0 Å². The molecule has 2 atom stereocenters. The van der Waals surface area contributed by atoms with Crippen molar-refractivity contribution in [1.82, 2.24) is 5.32 Å². The summed E-state index contributed by atoms with van der Waals surface area (Å²) in [5.74, 6) is 1.78. The van der Waals surface area contributed by atoms with E-state index in [0.717, 1.165) is 22.7 Å². The Morgan fingerprint density at radius 3 is 2.35 bits per heavy atom. The van der Waals surface area contributed by atoms with Crippen LogP contribution >= 0.6 is 0 Å². The highest BCUT2D eigenvalue weighted by molar-refractivity contribution is 5.97. The maximum atomic E-state index is 12.5. The fourth-order valence-corrected chi connectivity index (χ4v) is 3.54. The number of carbonyl (C=O) groups is 1. The number of anilines is 1. The summed E-state index contributed by atoms with van der Waals surface area (Å²) < 4.78 is 0. The molecule has 0 aromatic heterocycles. The van der Waals surface area contributed by atoms with Crippen LogP contribution < -0.4 is 10.2 Å². The first-order valence-corrected chi connectivity index (χ1v) is 9.73. The molecular formula is C23H28N2O. The van der Waals surface area contributed by atoms with Gasteiger partial charge in [0.25, 0.3) is 0 Å². The number of benzene rings is 2. The standard InChI is InChI=1S/C23H28N2O/c1-25(2)20-11-9-19(10-12-20)23(26)13-16-5-7-18(8-6-16)21-14-22(21)24-15-17-3-4-17/h5-12,17,21-22,24H,3-4,13-15H2,1-2H3. The highest BCUT2D eigenvalue weighted by Gasteiger charge is 2.38. The van der Waals surface area contributed by atoms with Crippen molar-refractivity contribution < 1.29 is 4.79 Å². The number of nitrogens with zero attached hydrogens (tertiary/aromatic N) is 1. The molecule has 4 rings (SSSR count). The summed E-state index contributed by atoms with van der Waals surface area (Å²) in [5.41, 5.74) is 4.40. The maximum absolute atomic E-state index is 12.5. The number of rotatable bonds is 8. The van der Waals surface area contributed by atoms with E-state index >= 15 is 0 Å². The van der Waals surface area contributed by atoms with E-state index in [1.165, 1.54) is 31.4 Å². The lowest BCUT2D eigenvalue weighted by Crippen LogP contribution is -2.20. The summed E-state index contributed by atoms with van der Waals surface area (Å²) in [7, 11) is 4.01. The van der Waals surface area contributed by atoms with Gasteiger partial charge in [-0.05, 0) is 67.1 Å². The molecule has 0 amide bonds. The van der Waals surface area contributed by atoms with E-state index in [1.807, 2.05) is 43.3 Å². The van der Waals surface area contributed by atoms with Gasteiger partial charge in [-0.3, -0.25) is 4.79 Å². The first kappa shape index (κ1) is 17.3. The Morgan fingerprint density at radius 2 is 1.73 bits per heavy atom. The summed E-state index contributed by atoms with van der Waals surface area (Å²) in [4.78, 5) is 14.5. The molecule has 3 heteroatoms. The third-order valence-corrected chi connectivity index (χ3v) is 5.63. The number of ketones is 1. The summed E-state index contributed by atoms with van der Waals surface area (Å²) in [6, 6.07) is 17.2. The van der Waals surface area contributed by atoms with Crippen LogP contribution in [0.25, 0.3) is 0 Å². The van der Waals surface area contributed by atoms with Crippen LogP contribution in [-0.2, 0) is 6.42 Å². The van der Waals surface area contributed by atoms with Crippen LogP contribution in [0.1, 0.15) is 46.7 Å². The molecule has 2 unspecified atom stereocenters. The van der Waals surface area contributed by atoms with E-state index in [1.54, 1.807) is 0 Å². The predicted octanol–water partition coefficient (Wildman–Crippen LogP) is 4.03. The normalized spacial score (nSPS) is 21.5. The maximum Gasteiger partial charge on any atom is 0.167 e. The second-order valence-electron chi connectivity index (χ2n) is 8.08. The van der Waals surface area contributed by atoms with Crippen LogP contribution in [0.5, 0.6) is 0 Å². The summed E-state index contributed by atoms with van der Waals surface area (Å²) in [6.07, 6.45) is 4.54. The monoisotopic (exact) mass is 348 g/mol. The van der Waals surface area contributed by atoms with Gasteiger partial charge in [-0.25, -0.2) is 0 Å². The Morgan fingerprint density at radius 1 is 1.04 bits per heavy atom. The second-order valence-corrected chi connectivity index (χ2v) is 8.08. The van der Waals surface area contributed by atoms with E-state index in [9.17, 15) is 4.79 Å². The van der Waals surface area contributed by atoms with Crippen molar-refractivity contribution in [3.8, 4) is 0 Å². The van der Waals surface area contributed by atoms with Crippen molar-refractivity contribution in [3.63, 3.8) is 0 Å².